The third-order valence-electron chi connectivity index (χ3n) is 5.08. The van der Waals surface area contributed by atoms with Crippen molar-refractivity contribution in [3.05, 3.63) is 23.0 Å². The summed E-state index contributed by atoms with van der Waals surface area (Å²) >= 11 is 1.69. The van der Waals surface area contributed by atoms with Crippen LogP contribution in [0.1, 0.15) is 38.1 Å². The molecule has 1 atom stereocenters. The van der Waals surface area contributed by atoms with Crippen molar-refractivity contribution in [3.8, 4) is 0 Å². The normalized spacial score (nSPS) is 20.5. The first kappa shape index (κ1) is 17.9. The van der Waals surface area contributed by atoms with Crippen LogP contribution in [0.15, 0.2) is 11.6 Å². The fourth-order valence-electron chi connectivity index (χ4n) is 3.59. The molecule has 0 bridgehead atoms. The van der Waals surface area contributed by atoms with E-state index in [1.165, 1.54) is 12.1 Å². The van der Waals surface area contributed by atoms with Gasteiger partial charge in [-0.25, -0.2) is 4.98 Å². The number of hydrogen-bond acceptors (Lipinski definition) is 5. The number of fused-ring (bicyclic) bond motifs is 1. The largest absolute Gasteiger partial charge is 0.396 e. The van der Waals surface area contributed by atoms with E-state index in [0.717, 1.165) is 55.7 Å². The zero-order valence-electron chi connectivity index (χ0n) is 15.1. The van der Waals surface area contributed by atoms with E-state index in [2.05, 4.69) is 51.5 Å². The standard InChI is InChI=1S/C18H30N4OS/c1-14(2)4-6-21-8-7-20(12-16(21)5-10-23)13-17-15(3)19-18-22(17)9-11-24-18/h9,11,14,16,23H,4-8,10,12-13H2,1-3H3/t16-/m0/s1. The van der Waals surface area contributed by atoms with Gasteiger partial charge in [-0.05, 0) is 32.2 Å². The van der Waals surface area contributed by atoms with E-state index in [1.54, 1.807) is 11.3 Å². The average Bonchev–Trinajstić information content (AvgIpc) is 3.09. The van der Waals surface area contributed by atoms with E-state index in [0.29, 0.717) is 6.04 Å². The second kappa shape index (κ2) is 7.95. The second-order valence-corrected chi connectivity index (χ2v) is 8.19. The van der Waals surface area contributed by atoms with Crippen LogP contribution in [-0.4, -0.2) is 63.1 Å². The number of aliphatic hydroxyl groups is 1. The Morgan fingerprint density at radius 3 is 2.96 bits per heavy atom. The van der Waals surface area contributed by atoms with Gasteiger partial charge >= 0.3 is 0 Å². The molecule has 1 N–H and O–H groups in total. The average molecular weight is 351 g/mol. The molecule has 0 saturated carbocycles. The van der Waals surface area contributed by atoms with Gasteiger partial charge in [0.15, 0.2) is 4.96 Å². The van der Waals surface area contributed by atoms with Gasteiger partial charge in [-0.3, -0.25) is 14.2 Å². The van der Waals surface area contributed by atoms with Crippen molar-refractivity contribution < 1.29 is 5.11 Å². The Morgan fingerprint density at radius 2 is 2.21 bits per heavy atom. The number of rotatable bonds is 7. The third kappa shape index (κ3) is 3.99. The number of imidazole rings is 1. The summed E-state index contributed by atoms with van der Waals surface area (Å²) in [6, 6.07) is 0.466. The molecule has 1 aliphatic heterocycles. The SMILES string of the molecule is Cc1nc2sccn2c1CN1CCN(CCC(C)C)[C@@H](CCO)C1. The molecule has 3 rings (SSSR count). The van der Waals surface area contributed by atoms with Crippen molar-refractivity contribution in [2.24, 2.45) is 5.92 Å². The van der Waals surface area contributed by atoms with E-state index in [1.807, 2.05) is 0 Å². The Balaban J connectivity index is 1.65. The Bertz CT molecular complexity index is 651. The number of aromatic nitrogens is 2. The lowest BCUT2D eigenvalue weighted by Crippen LogP contribution is -2.53. The smallest absolute Gasteiger partial charge is 0.194 e. The Morgan fingerprint density at radius 1 is 1.38 bits per heavy atom. The van der Waals surface area contributed by atoms with Gasteiger partial charge in [0.1, 0.15) is 0 Å². The zero-order valence-corrected chi connectivity index (χ0v) is 15.9. The second-order valence-electron chi connectivity index (χ2n) is 7.32. The van der Waals surface area contributed by atoms with Crippen LogP contribution in [0.3, 0.4) is 0 Å². The van der Waals surface area contributed by atoms with Crippen molar-refractivity contribution >= 4 is 16.3 Å². The van der Waals surface area contributed by atoms with E-state index in [4.69, 9.17) is 0 Å². The molecule has 0 radical (unpaired) electrons. The van der Waals surface area contributed by atoms with E-state index < -0.39 is 0 Å². The van der Waals surface area contributed by atoms with Gasteiger partial charge in [-0.2, -0.15) is 0 Å². The lowest BCUT2D eigenvalue weighted by Gasteiger charge is -2.41. The maximum atomic E-state index is 9.46. The molecule has 2 aromatic heterocycles. The highest BCUT2D eigenvalue weighted by Crippen LogP contribution is 2.21. The molecule has 0 unspecified atom stereocenters. The highest BCUT2D eigenvalue weighted by Gasteiger charge is 2.27. The molecule has 6 heteroatoms. The molecule has 3 heterocycles. The van der Waals surface area contributed by atoms with Crippen molar-refractivity contribution in [2.45, 2.75) is 46.2 Å². The minimum absolute atomic E-state index is 0.275. The van der Waals surface area contributed by atoms with E-state index in [-0.39, 0.29) is 6.61 Å². The van der Waals surface area contributed by atoms with Crippen LogP contribution in [0.2, 0.25) is 0 Å². The molecule has 0 spiro atoms. The number of thiazole rings is 1. The minimum atomic E-state index is 0.275. The molecule has 134 valence electrons. The molecule has 2 aromatic rings. The van der Waals surface area contributed by atoms with Crippen LogP contribution in [-0.2, 0) is 6.54 Å². The zero-order chi connectivity index (χ0) is 17.1. The highest BCUT2D eigenvalue weighted by molar-refractivity contribution is 7.15. The molecule has 5 nitrogen and oxygen atoms in total. The predicted molar refractivity (Wildman–Crippen MR) is 99.6 cm³/mol. The van der Waals surface area contributed by atoms with Gasteiger partial charge < -0.3 is 5.11 Å². The summed E-state index contributed by atoms with van der Waals surface area (Å²) < 4.78 is 2.23. The van der Waals surface area contributed by atoms with Crippen LogP contribution in [0, 0.1) is 12.8 Å². The summed E-state index contributed by atoms with van der Waals surface area (Å²) in [5.74, 6) is 0.735. The molecule has 0 amide bonds. The van der Waals surface area contributed by atoms with Crippen molar-refractivity contribution in [1.29, 1.82) is 0 Å². The first-order valence-electron chi connectivity index (χ1n) is 9.06. The first-order chi connectivity index (χ1) is 11.6. The molecular formula is C18H30N4OS. The monoisotopic (exact) mass is 350 g/mol. The number of nitrogens with zero attached hydrogens (tertiary/aromatic N) is 4. The maximum absolute atomic E-state index is 9.46. The predicted octanol–water partition coefficient (Wildman–Crippen LogP) is 2.62. The van der Waals surface area contributed by atoms with Crippen LogP contribution in [0.5, 0.6) is 0 Å². The summed E-state index contributed by atoms with van der Waals surface area (Å²) in [7, 11) is 0. The summed E-state index contributed by atoms with van der Waals surface area (Å²) in [6.07, 6.45) is 4.23. The summed E-state index contributed by atoms with van der Waals surface area (Å²) in [5, 5.41) is 11.6. The summed E-state index contributed by atoms with van der Waals surface area (Å²) in [6.45, 7) is 12.3. The first-order valence-corrected chi connectivity index (χ1v) is 9.94. The fourth-order valence-corrected chi connectivity index (χ4v) is 4.36. The van der Waals surface area contributed by atoms with Gasteiger partial charge in [0.2, 0.25) is 0 Å². The molecule has 0 aromatic carbocycles. The number of piperazine rings is 1. The molecule has 1 fully saturated rings. The molecule has 24 heavy (non-hydrogen) atoms. The van der Waals surface area contributed by atoms with Crippen molar-refractivity contribution in [2.75, 3.05) is 32.8 Å². The third-order valence-corrected chi connectivity index (χ3v) is 5.84. The Kier molecular flexibility index (Phi) is 5.92. The van der Waals surface area contributed by atoms with Gasteiger partial charge in [-0.1, -0.05) is 13.8 Å². The molecule has 0 aliphatic carbocycles. The lowest BCUT2D eigenvalue weighted by atomic mass is 10.1. The van der Waals surface area contributed by atoms with E-state index in [9.17, 15) is 5.11 Å². The number of aliphatic hydroxyl groups excluding tert-OH is 1. The van der Waals surface area contributed by atoms with Crippen LogP contribution >= 0.6 is 11.3 Å². The summed E-state index contributed by atoms with van der Waals surface area (Å²) in [4.78, 5) is 10.9. The van der Waals surface area contributed by atoms with Crippen LogP contribution < -0.4 is 0 Å². The molecular weight excluding hydrogens is 320 g/mol. The number of hydrogen-bond donors (Lipinski definition) is 1. The van der Waals surface area contributed by atoms with Gasteiger partial charge in [0.25, 0.3) is 0 Å². The summed E-state index contributed by atoms with van der Waals surface area (Å²) in [5.41, 5.74) is 2.45. The quantitative estimate of drug-likeness (QED) is 0.834. The Labute approximate surface area is 148 Å². The van der Waals surface area contributed by atoms with Crippen molar-refractivity contribution in [1.82, 2.24) is 19.2 Å². The molecule has 1 saturated heterocycles. The van der Waals surface area contributed by atoms with Crippen molar-refractivity contribution in [3.63, 3.8) is 0 Å². The van der Waals surface area contributed by atoms with Gasteiger partial charge in [0, 0.05) is 50.4 Å². The lowest BCUT2D eigenvalue weighted by molar-refractivity contribution is 0.0516. The minimum Gasteiger partial charge on any atom is -0.396 e. The van der Waals surface area contributed by atoms with Crippen LogP contribution in [0.4, 0.5) is 0 Å². The van der Waals surface area contributed by atoms with Crippen LogP contribution in [0.25, 0.3) is 4.96 Å². The van der Waals surface area contributed by atoms with Gasteiger partial charge in [0.05, 0.1) is 11.4 Å². The highest BCUT2D eigenvalue weighted by atomic mass is 32.1. The van der Waals surface area contributed by atoms with Gasteiger partial charge in [-0.15, -0.1) is 11.3 Å². The number of aryl methyl sites for hydroxylation is 1. The molecule has 1 aliphatic rings. The fraction of sp³-hybridized carbons (Fsp3) is 0.722. The maximum Gasteiger partial charge on any atom is 0.194 e. The Hall–Kier alpha value is -0.950. The topological polar surface area (TPSA) is 44.0 Å². The van der Waals surface area contributed by atoms with E-state index >= 15 is 0 Å².